The maximum Gasteiger partial charge on any atom is 0.409 e. The van der Waals surface area contributed by atoms with Crippen LogP contribution in [0.25, 0.3) is 0 Å². The highest BCUT2D eigenvalue weighted by molar-refractivity contribution is 5.67. The van der Waals surface area contributed by atoms with Gasteiger partial charge in [-0.1, -0.05) is 13.3 Å². The maximum absolute atomic E-state index is 11.5. The van der Waals surface area contributed by atoms with Crippen LogP contribution in [0.15, 0.2) is 0 Å². The fraction of sp³-hybridized carbons (Fsp3) is 0.900. The van der Waals surface area contributed by atoms with Gasteiger partial charge < -0.3 is 14.4 Å². The Balaban J connectivity index is 2.20. The summed E-state index contributed by atoms with van der Waals surface area (Å²) in [5.74, 6) is 0. The van der Waals surface area contributed by atoms with Crippen molar-refractivity contribution in [1.29, 1.82) is 0 Å². The fourth-order valence-electron chi connectivity index (χ4n) is 1.32. The van der Waals surface area contributed by atoms with Crippen molar-refractivity contribution < 1.29 is 14.3 Å². The molecule has 4 nitrogen and oxygen atoms in total. The number of carbonyl (C=O) groups is 1. The monoisotopic (exact) mass is 201 g/mol. The topological polar surface area (TPSA) is 38.8 Å². The Morgan fingerprint density at radius 3 is 3.07 bits per heavy atom. The molecule has 0 aromatic carbocycles. The summed E-state index contributed by atoms with van der Waals surface area (Å²) in [5, 5.41) is 0. The molecule has 14 heavy (non-hydrogen) atoms. The van der Waals surface area contributed by atoms with Gasteiger partial charge in [-0.05, 0) is 12.8 Å². The highest BCUT2D eigenvalue weighted by Crippen LogP contribution is 2.02. The molecular weight excluding hydrogens is 182 g/mol. The van der Waals surface area contributed by atoms with Gasteiger partial charge in [-0.15, -0.1) is 0 Å². The van der Waals surface area contributed by atoms with E-state index in [2.05, 4.69) is 6.92 Å². The van der Waals surface area contributed by atoms with Crippen LogP contribution in [-0.2, 0) is 9.47 Å². The smallest absolute Gasteiger partial charge is 0.409 e. The van der Waals surface area contributed by atoms with E-state index in [0.717, 1.165) is 32.4 Å². The lowest BCUT2D eigenvalue weighted by atomic mass is 10.4. The zero-order valence-corrected chi connectivity index (χ0v) is 8.83. The summed E-state index contributed by atoms with van der Waals surface area (Å²) in [4.78, 5) is 13.2. The second kappa shape index (κ2) is 6.65. The van der Waals surface area contributed by atoms with Crippen molar-refractivity contribution in [3.05, 3.63) is 0 Å². The first-order valence-corrected chi connectivity index (χ1v) is 5.34. The van der Waals surface area contributed by atoms with Crippen molar-refractivity contribution in [3.63, 3.8) is 0 Å². The predicted molar refractivity (Wildman–Crippen MR) is 53.3 cm³/mol. The van der Waals surface area contributed by atoms with Crippen molar-refractivity contribution in [2.75, 3.05) is 32.9 Å². The van der Waals surface area contributed by atoms with Gasteiger partial charge in [-0.25, -0.2) is 4.79 Å². The second-order valence-electron chi connectivity index (χ2n) is 3.42. The molecule has 82 valence electrons. The van der Waals surface area contributed by atoms with Crippen LogP contribution in [0.4, 0.5) is 4.79 Å². The van der Waals surface area contributed by atoms with Crippen LogP contribution < -0.4 is 0 Å². The third-order valence-corrected chi connectivity index (χ3v) is 2.20. The molecule has 1 fully saturated rings. The molecule has 0 N–H and O–H groups in total. The summed E-state index contributed by atoms with van der Waals surface area (Å²) in [7, 11) is 0. The molecule has 0 radical (unpaired) electrons. The minimum absolute atomic E-state index is 0.191. The lowest BCUT2D eigenvalue weighted by molar-refractivity contribution is 0.0960. The summed E-state index contributed by atoms with van der Waals surface area (Å²) in [6.45, 7) is 5.40. The number of rotatable bonds is 3. The molecular formula is C10H19NO3. The van der Waals surface area contributed by atoms with Crippen LogP contribution in [0.1, 0.15) is 26.2 Å². The van der Waals surface area contributed by atoms with E-state index in [1.807, 2.05) is 0 Å². The van der Waals surface area contributed by atoms with E-state index in [1.165, 1.54) is 0 Å². The van der Waals surface area contributed by atoms with Crippen LogP contribution in [0, 0.1) is 0 Å². The number of hydrogen-bond donors (Lipinski definition) is 0. The van der Waals surface area contributed by atoms with E-state index in [9.17, 15) is 4.79 Å². The van der Waals surface area contributed by atoms with Gasteiger partial charge in [0.15, 0.2) is 0 Å². The standard InChI is InChI=1S/C10H19NO3/c1-2-3-8-14-10(12)11-5-4-7-13-9-6-11/h2-9H2,1H3. The largest absolute Gasteiger partial charge is 0.449 e. The van der Waals surface area contributed by atoms with Gasteiger partial charge in [0.25, 0.3) is 0 Å². The van der Waals surface area contributed by atoms with Crippen molar-refractivity contribution in [2.45, 2.75) is 26.2 Å². The van der Waals surface area contributed by atoms with Gasteiger partial charge in [-0.3, -0.25) is 0 Å². The Morgan fingerprint density at radius 2 is 2.29 bits per heavy atom. The molecule has 1 aliphatic rings. The molecule has 1 heterocycles. The molecule has 1 amide bonds. The van der Waals surface area contributed by atoms with E-state index in [0.29, 0.717) is 19.8 Å². The maximum atomic E-state index is 11.5. The Bertz CT molecular complexity index is 165. The quantitative estimate of drug-likeness (QED) is 0.652. The van der Waals surface area contributed by atoms with Crippen molar-refractivity contribution in [1.82, 2.24) is 4.90 Å². The van der Waals surface area contributed by atoms with Crippen LogP contribution in [0.3, 0.4) is 0 Å². The van der Waals surface area contributed by atoms with Crippen molar-refractivity contribution >= 4 is 6.09 Å². The van der Waals surface area contributed by atoms with Gasteiger partial charge in [0.05, 0.1) is 13.2 Å². The van der Waals surface area contributed by atoms with Crippen LogP contribution >= 0.6 is 0 Å². The van der Waals surface area contributed by atoms with Crippen molar-refractivity contribution in [3.8, 4) is 0 Å². The first-order chi connectivity index (χ1) is 6.84. The normalized spacial score (nSPS) is 17.6. The molecule has 0 unspecified atom stereocenters. The third-order valence-electron chi connectivity index (χ3n) is 2.20. The Morgan fingerprint density at radius 1 is 1.43 bits per heavy atom. The van der Waals surface area contributed by atoms with E-state index in [-0.39, 0.29) is 6.09 Å². The van der Waals surface area contributed by atoms with Gasteiger partial charge >= 0.3 is 6.09 Å². The van der Waals surface area contributed by atoms with Crippen LogP contribution in [0.5, 0.6) is 0 Å². The van der Waals surface area contributed by atoms with Crippen molar-refractivity contribution in [2.24, 2.45) is 0 Å². The highest BCUT2D eigenvalue weighted by Gasteiger charge is 2.16. The SMILES string of the molecule is CCCCOC(=O)N1CCCOCC1. The van der Waals surface area contributed by atoms with Gasteiger partial charge in [0.1, 0.15) is 0 Å². The molecule has 0 aromatic rings. The average molecular weight is 201 g/mol. The number of nitrogens with zero attached hydrogens (tertiary/aromatic N) is 1. The van der Waals surface area contributed by atoms with E-state index in [4.69, 9.17) is 9.47 Å². The predicted octanol–water partition coefficient (Wildman–Crippen LogP) is 1.65. The lowest BCUT2D eigenvalue weighted by Gasteiger charge is -2.18. The highest BCUT2D eigenvalue weighted by atomic mass is 16.6. The molecule has 0 bridgehead atoms. The number of amides is 1. The first kappa shape index (κ1) is 11.3. The summed E-state index contributed by atoms with van der Waals surface area (Å²) in [5.41, 5.74) is 0. The van der Waals surface area contributed by atoms with Gasteiger partial charge in [-0.2, -0.15) is 0 Å². The average Bonchev–Trinajstić information content (AvgIpc) is 2.46. The van der Waals surface area contributed by atoms with Gasteiger partial charge in [0, 0.05) is 19.7 Å². The molecule has 0 atom stereocenters. The molecule has 0 spiro atoms. The number of ether oxygens (including phenoxy) is 2. The number of carbonyl (C=O) groups excluding carboxylic acids is 1. The summed E-state index contributed by atoms with van der Waals surface area (Å²) in [6.07, 6.45) is 2.71. The molecule has 0 aliphatic carbocycles. The van der Waals surface area contributed by atoms with Crippen LogP contribution in [-0.4, -0.2) is 43.9 Å². The number of unbranched alkanes of at least 4 members (excludes halogenated alkanes) is 1. The molecule has 4 heteroatoms. The third kappa shape index (κ3) is 3.96. The second-order valence-corrected chi connectivity index (χ2v) is 3.42. The Hall–Kier alpha value is -0.770. The zero-order chi connectivity index (χ0) is 10.2. The van der Waals surface area contributed by atoms with E-state index >= 15 is 0 Å². The summed E-state index contributed by atoms with van der Waals surface area (Å²) in [6, 6.07) is 0. The summed E-state index contributed by atoms with van der Waals surface area (Å²) < 4.78 is 10.4. The fourth-order valence-corrected chi connectivity index (χ4v) is 1.32. The summed E-state index contributed by atoms with van der Waals surface area (Å²) >= 11 is 0. The molecule has 0 aromatic heterocycles. The molecule has 0 saturated carbocycles. The minimum Gasteiger partial charge on any atom is -0.449 e. The zero-order valence-electron chi connectivity index (χ0n) is 8.83. The molecule has 1 rings (SSSR count). The van der Waals surface area contributed by atoms with Gasteiger partial charge in [0.2, 0.25) is 0 Å². The van der Waals surface area contributed by atoms with E-state index in [1.54, 1.807) is 4.90 Å². The lowest BCUT2D eigenvalue weighted by Crippen LogP contribution is -2.33. The number of hydrogen-bond acceptors (Lipinski definition) is 3. The van der Waals surface area contributed by atoms with Crippen LogP contribution in [0.2, 0.25) is 0 Å². The minimum atomic E-state index is -0.191. The first-order valence-electron chi connectivity index (χ1n) is 5.34. The molecule has 1 aliphatic heterocycles. The molecule has 1 saturated heterocycles. The Labute approximate surface area is 85.2 Å². The van der Waals surface area contributed by atoms with E-state index < -0.39 is 0 Å². The Kier molecular flexibility index (Phi) is 5.37.